The lowest BCUT2D eigenvalue weighted by atomic mass is 9.98. The van der Waals surface area contributed by atoms with Crippen molar-refractivity contribution in [3.05, 3.63) is 23.8 Å². The van der Waals surface area contributed by atoms with Gasteiger partial charge >= 0.3 is 24.1 Å². The minimum absolute atomic E-state index is 0.0410. The molecule has 0 radical (unpaired) electrons. The van der Waals surface area contributed by atoms with Gasteiger partial charge in [-0.3, -0.25) is 14.4 Å². The number of hydrogen-bond donors (Lipinski definition) is 1. The lowest BCUT2D eigenvalue weighted by Gasteiger charge is -2.19. The molecule has 4 atom stereocenters. The summed E-state index contributed by atoms with van der Waals surface area (Å²) in [6.45, 7) is 16.5. The third-order valence-corrected chi connectivity index (χ3v) is 6.22. The molecule has 2 unspecified atom stereocenters. The highest BCUT2D eigenvalue weighted by atomic mass is 16.7. The zero-order valence-electron chi connectivity index (χ0n) is 24.6. The Labute approximate surface area is 231 Å². The first-order chi connectivity index (χ1) is 18.1. The zero-order valence-corrected chi connectivity index (χ0v) is 24.6. The molecular formula is C29H45NO9. The summed E-state index contributed by atoms with van der Waals surface area (Å²) in [5.41, 5.74) is 6.62. The van der Waals surface area contributed by atoms with Gasteiger partial charge in [0.05, 0.1) is 18.4 Å². The van der Waals surface area contributed by atoms with E-state index in [1.54, 1.807) is 26.8 Å². The molecule has 0 bridgehead atoms. The lowest BCUT2D eigenvalue weighted by molar-refractivity contribution is -0.148. The van der Waals surface area contributed by atoms with Crippen LogP contribution >= 0.6 is 0 Å². The van der Waals surface area contributed by atoms with Crippen LogP contribution in [0, 0.1) is 29.6 Å². The van der Waals surface area contributed by atoms with E-state index in [0.29, 0.717) is 5.56 Å². The molecule has 2 N–H and O–H groups in total. The van der Waals surface area contributed by atoms with Gasteiger partial charge in [-0.2, -0.15) is 0 Å². The van der Waals surface area contributed by atoms with Crippen LogP contribution in [0.3, 0.4) is 0 Å². The van der Waals surface area contributed by atoms with E-state index in [-0.39, 0.29) is 54.8 Å². The van der Waals surface area contributed by atoms with Crippen molar-refractivity contribution in [1.82, 2.24) is 0 Å². The molecule has 10 nitrogen and oxygen atoms in total. The predicted octanol–water partition coefficient (Wildman–Crippen LogP) is 4.69. The molecule has 1 rings (SSSR count). The van der Waals surface area contributed by atoms with Crippen LogP contribution in [0.2, 0.25) is 0 Å². The zero-order chi connectivity index (χ0) is 29.9. The summed E-state index contributed by atoms with van der Waals surface area (Å²) >= 11 is 0. The number of carbonyl (C=O) groups is 4. The van der Waals surface area contributed by atoms with Crippen LogP contribution in [0.25, 0.3) is 0 Å². The Balaban J connectivity index is 2.91. The van der Waals surface area contributed by atoms with Crippen molar-refractivity contribution < 1.29 is 42.9 Å². The number of benzene rings is 1. The Morgan fingerprint density at radius 2 is 1.26 bits per heavy atom. The van der Waals surface area contributed by atoms with Crippen LogP contribution in [-0.4, -0.2) is 49.4 Å². The van der Waals surface area contributed by atoms with Crippen LogP contribution in [0.15, 0.2) is 18.2 Å². The van der Waals surface area contributed by atoms with Gasteiger partial charge in [0.15, 0.2) is 11.5 Å². The van der Waals surface area contributed by atoms with Crippen LogP contribution in [0.1, 0.15) is 67.9 Å². The standard InChI is InChI=1S/C29H45NO9/c1-16(2)14-36-29(34)37-19(7)15-35-28(33)23(30)12-22-10-11-24(38-26(31)20(8)17(3)4)25(13-22)39-27(32)21(9)18(5)6/h10-11,13,16-21,23H,12,14-15,30H2,1-9H3/t19-,20?,21?,23-/m0/s1. The number of carbonyl (C=O) groups excluding carboxylic acids is 4. The highest BCUT2D eigenvalue weighted by Gasteiger charge is 2.25. The summed E-state index contributed by atoms with van der Waals surface area (Å²) in [5.74, 6) is -1.94. The molecule has 220 valence electrons. The molecule has 0 aliphatic rings. The average molecular weight is 552 g/mol. The van der Waals surface area contributed by atoms with Gasteiger partial charge in [-0.15, -0.1) is 0 Å². The van der Waals surface area contributed by atoms with Gasteiger partial charge in [0.1, 0.15) is 18.8 Å². The Morgan fingerprint density at radius 1 is 0.718 bits per heavy atom. The molecule has 0 saturated carbocycles. The maximum atomic E-state index is 12.7. The first kappa shape index (κ1) is 33.9. The number of hydrogen-bond acceptors (Lipinski definition) is 10. The third-order valence-electron chi connectivity index (χ3n) is 6.22. The van der Waals surface area contributed by atoms with E-state index in [9.17, 15) is 19.2 Å². The molecule has 10 heteroatoms. The summed E-state index contributed by atoms with van der Waals surface area (Å²) in [5, 5.41) is 0. The molecular weight excluding hydrogens is 506 g/mol. The van der Waals surface area contributed by atoms with E-state index < -0.39 is 42.1 Å². The van der Waals surface area contributed by atoms with Gasteiger partial charge in [-0.05, 0) is 48.8 Å². The Morgan fingerprint density at radius 3 is 1.77 bits per heavy atom. The number of ether oxygens (including phenoxy) is 5. The van der Waals surface area contributed by atoms with Crippen molar-refractivity contribution in [1.29, 1.82) is 0 Å². The Bertz CT molecular complexity index is 974. The smallest absolute Gasteiger partial charge is 0.461 e. The van der Waals surface area contributed by atoms with Gasteiger partial charge in [0.25, 0.3) is 0 Å². The highest BCUT2D eigenvalue weighted by Crippen LogP contribution is 2.31. The molecule has 0 fully saturated rings. The average Bonchev–Trinajstić information content (AvgIpc) is 2.86. The van der Waals surface area contributed by atoms with Gasteiger partial charge in [-0.1, -0.05) is 61.5 Å². The monoisotopic (exact) mass is 551 g/mol. The highest BCUT2D eigenvalue weighted by molar-refractivity contribution is 5.79. The van der Waals surface area contributed by atoms with Crippen molar-refractivity contribution in [2.24, 2.45) is 35.3 Å². The van der Waals surface area contributed by atoms with Gasteiger partial charge in [0.2, 0.25) is 0 Å². The van der Waals surface area contributed by atoms with Crippen molar-refractivity contribution in [3.8, 4) is 11.5 Å². The van der Waals surface area contributed by atoms with Crippen molar-refractivity contribution in [2.75, 3.05) is 13.2 Å². The van der Waals surface area contributed by atoms with Gasteiger partial charge in [0, 0.05) is 0 Å². The van der Waals surface area contributed by atoms with Gasteiger partial charge < -0.3 is 29.4 Å². The van der Waals surface area contributed by atoms with Crippen LogP contribution in [0.5, 0.6) is 11.5 Å². The second-order valence-corrected chi connectivity index (χ2v) is 11.0. The molecule has 0 aliphatic carbocycles. The van der Waals surface area contributed by atoms with E-state index in [2.05, 4.69) is 0 Å². The Kier molecular flexibility index (Phi) is 14.0. The van der Waals surface area contributed by atoms with Crippen molar-refractivity contribution in [2.45, 2.75) is 80.9 Å². The SMILES string of the molecule is CC(C)COC(=O)O[C@@H](C)COC(=O)[C@@H](N)Cc1ccc(OC(=O)C(C)C(C)C)c(OC(=O)C(C)C(C)C)c1. The summed E-state index contributed by atoms with van der Waals surface area (Å²) in [6.07, 6.45) is -1.50. The van der Waals surface area contributed by atoms with Gasteiger partial charge in [-0.25, -0.2) is 4.79 Å². The molecule has 0 aliphatic heterocycles. The summed E-state index contributed by atoms with van der Waals surface area (Å²) in [4.78, 5) is 49.3. The normalized spacial score (nSPS) is 14.4. The quantitative estimate of drug-likeness (QED) is 0.256. The number of nitrogens with two attached hydrogens (primary N) is 1. The molecule has 1 aromatic carbocycles. The largest absolute Gasteiger partial charge is 0.508 e. The second kappa shape index (κ2) is 16.1. The third kappa shape index (κ3) is 12.1. The minimum atomic E-state index is -1.04. The fourth-order valence-corrected chi connectivity index (χ4v) is 2.90. The van der Waals surface area contributed by atoms with E-state index >= 15 is 0 Å². The number of esters is 3. The van der Waals surface area contributed by atoms with Crippen molar-refractivity contribution >= 4 is 24.1 Å². The summed E-state index contributed by atoms with van der Waals surface area (Å²) in [6, 6.07) is 3.63. The lowest BCUT2D eigenvalue weighted by Crippen LogP contribution is -2.36. The van der Waals surface area contributed by atoms with Crippen LogP contribution < -0.4 is 15.2 Å². The number of rotatable bonds is 14. The van der Waals surface area contributed by atoms with E-state index in [1.807, 2.05) is 41.5 Å². The molecule has 0 spiro atoms. The van der Waals surface area contributed by atoms with Crippen LogP contribution in [-0.2, 0) is 35.0 Å². The molecule has 0 saturated heterocycles. The first-order valence-corrected chi connectivity index (χ1v) is 13.4. The second-order valence-electron chi connectivity index (χ2n) is 11.0. The first-order valence-electron chi connectivity index (χ1n) is 13.4. The van der Waals surface area contributed by atoms with E-state index in [0.717, 1.165) is 0 Å². The molecule has 39 heavy (non-hydrogen) atoms. The molecule has 0 amide bonds. The molecule has 1 aromatic rings. The maximum absolute atomic E-state index is 12.7. The van der Waals surface area contributed by atoms with Crippen LogP contribution in [0.4, 0.5) is 4.79 Å². The predicted molar refractivity (Wildman–Crippen MR) is 145 cm³/mol. The minimum Gasteiger partial charge on any atom is -0.461 e. The van der Waals surface area contributed by atoms with E-state index in [4.69, 9.17) is 29.4 Å². The van der Waals surface area contributed by atoms with Crippen molar-refractivity contribution in [3.63, 3.8) is 0 Å². The van der Waals surface area contributed by atoms with E-state index in [1.165, 1.54) is 12.1 Å². The fourth-order valence-electron chi connectivity index (χ4n) is 2.90. The maximum Gasteiger partial charge on any atom is 0.508 e. The molecule has 0 aromatic heterocycles. The molecule has 0 heterocycles. The Hall–Kier alpha value is -3.14. The fraction of sp³-hybridized carbons (Fsp3) is 0.655. The topological polar surface area (TPSA) is 140 Å². The summed E-state index contributed by atoms with van der Waals surface area (Å²) in [7, 11) is 0. The summed E-state index contributed by atoms with van der Waals surface area (Å²) < 4.78 is 26.3.